The monoisotopic (exact) mass is 327 g/mol. The van der Waals surface area contributed by atoms with E-state index in [-0.39, 0.29) is 30.1 Å². The van der Waals surface area contributed by atoms with Crippen LogP contribution in [0.3, 0.4) is 0 Å². The van der Waals surface area contributed by atoms with Crippen LogP contribution in [0.15, 0.2) is 24.3 Å². The molecule has 0 bridgehead atoms. The Balaban J connectivity index is 0.00000441. The van der Waals surface area contributed by atoms with Crippen molar-refractivity contribution in [2.24, 2.45) is 11.7 Å². The summed E-state index contributed by atoms with van der Waals surface area (Å²) in [5, 5.41) is 5.72. The summed E-state index contributed by atoms with van der Waals surface area (Å²) in [5.74, 6) is -0.0554. The molecule has 1 rings (SSSR count). The zero-order chi connectivity index (χ0) is 16.0. The molecular formula is C16H26ClN3O2. The highest BCUT2D eigenvalue weighted by Crippen LogP contribution is 2.17. The van der Waals surface area contributed by atoms with Crippen LogP contribution in [0.25, 0.3) is 0 Å². The van der Waals surface area contributed by atoms with Gasteiger partial charge in [-0.05, 0) is 31.0 Å². The van der Waals surface area contributed by atoms with Gasteiger partial charge >= 0.3 is 0 Å². The van der Waals surface area contributed by atoms with E-state index in [1.807, 2.05) is 20.8 Å². The Bertz CT molecular complexity index is 520. The van der Waals surface area contributed by atoms with Crippen molar-refractivity contribution in [1.82, 2.24) is 5.32 Å². The van der Waals surface area contributed by atoms with Crippen molar-refractivity contribution in [2.75, 3.05) is 11.9 Å². The number of anilines is 1. The molecular weight excluding hydrogens is 302 g/mol. The van der Waals surface area contributed by atoms with Gasteiger partial charge in [0.05, 0.1) is 5.54 Å². The molecule has 0 aromatic heterocycles. The van der Waals surface area contributed by atoms with Gasteiger partial charge in [0.2, 0.25) is 5.91 Å². The summed E-state index contributed by atoms with van der Waals surface area (Å²) in [5.41, 5.74) is 6.44. The molecule has 5 nitrogen and oxygen atoms in total. The Hall–Kier alpha value is -1.59. The second kappa shape index (κ2) is 8.76. The van der Waals surface area contributed by atoms with Gasteiger partial charge in [0, 0.05) is 24.2 Å². The van der Waals surface area contributed by atoms with E-state index in [2.05, 4.69) is 10.6 Å². The van der Waals surface area contributed by atoms with Crippen molar-refractivity contribution in [3.8, 4) is 0 Å². The van der Waals surface area contributed by atoms with Crippen LogP contribution in [0.1, 0.15) is 44.5 Å². The van der Waals surface area contributed by atoms with Crippen LogP contribution >= 0.6 is 12.4 Å². The Morgan fingerprint density at radius 3 is 2.45 bits per heavy atom. The molecule has 0 saturated carbocycles. The van der Waals surface area contributed by atoms with Gasteiger partial charge in [0.15, 0.2) is 0 Å². The van der Waals surface area contributed by atoms with Crippen LogP contribution in [0.5, 0.6) is 0 Å². The first-order valence-electron chi connectivity index (χ1n) is 7.25. The second-order valence-corrected chi connectivity index (χ2v) is 5.71. The van der Waals surface area contributed by atoms with Gasteiger partial charge in [-0.25, -0.2) is 0 Å². The lowest BCUT2D eigenvalue weighted by atomic mass is 9.88. The molecule has 0 heterocycles. The first kappa shape index (κ1) is 20.4. The summed E-state index contributed by atoms with van der Waals surface area (Å²) in [6.07, 6.45) is 0.398. The van der Waals surface area contributed by atoms with Crippen molar-refractivity contribution in [2.45, 2.75) is 39.7 Å². The van der Waals surface area contributed by atoms with Gasteiger partial charge in [-0.1, -0.05) is 26.8 Å². The summed E-state index contributed by atoms with van der Waals surface area (Å²) in [6.45, 7) is 8.11. The lowest BCUT2D eigenvalue weighted by molar-refractivity contribution is -0.115. The molecule has 1 atom stereocenters. The normalized spacial score (nSPS) is 13.0. The predicted octanol–water partition coefficient (Wildman–Crippen LogP) is 2.56. The van der Waals surface area contributed by atoms with E-state index in [9.17, 15) is 9.59 Å². The van der Waals surface area contributed by atoms with Crippen molar-refractivity contribution in [3.05, 3.63) is 29.8 Å². The van der Waals surface area contributed by atoms with E-state index < -0.39 is 5.54 Å². The lowest BCUT2D eigenvalue weighted by Gasteiger charge is -2.33. The molecule has 2 amide bonds. The van der Waals surface area contributed by atoms with Crippen molar-refractivity contribution < 1.29 is 9.59 Å². The first-order chi connectivity index (χ1) is 9.82. The Morgan fingerprint density at radius 2 is 1.95 bits per heavy atom. The maximum atomic E-state index is 12.4. The zero-order valence-corrected chi connectivity index (χ0v) is 14.4. The number of rotatable bonds is 6. The topological polar surface area (TPSA) is 84.2 Å². The fourth-order valence-electron chi connectivity index (χ4n) is 1.75. The van der Waals surface area contributed by atoms with E-state index in [1.165, 1.54) is 0 Å². The van der Waals surface area contributed by atoms with Gasteiger partial charge in [-0.3, -0.25) is 9.59 Å². The maximum Gasteiger partial charge on any atom is 0.251 e. The molecule has 1 aromatic carbocycles. The average molecular weight is 328 g/mol. The summed E-state index contributed by atoms with van der Waals surface area (Å²) in [6, 6.07) is 6.89. The number of hydrogen-bond donors (Lipinski definition) is 3. The summed E-state index contributed by atoms with van der Waals surface area (Å²) >= 11 is 0. The third kappa shape index (κ3) is 5.31. The van der Waals surface area contributed by atoms with Crippen molar-refractivity contribution in [3.63, 3.8) is 0 Å². The minimum Gasteiger partial charge on any atom is -0.345 e. The highest BCUT2D eigenvalue weighted by atomic mass is 35.5. The van der Waals surface area contributed by atoms with Gasteiger partial charge in [-0.2, -0.15) is 0 Å². The number of hydrogen-bond acceptors (Lipinski definition) is 3. The third-order valence-electron chi connectivity index (χ3n) is 3.83. The van der Waals surface area contributed by atoms with Crippen LogP contribution in [0.2, 0.25) is 0 Å². The minimum atomic E-state index is -0.459. The molecule has 0 aliphatic rings. The van der Waals surface area contributed by atoms with Gasteiger partial charge in [-0.15, -0.1) is 12.4 Å². The number of carbonyl (C=O) groups is 2. The highest BCUT2D eigenvalue weighted by molar-refractivity contribution is 5.97. The third-order valence-corrected chi connectivity index (χ3v) is 3.83. The number of nitrogens with two attached hydrogens (primary N) is 1. The molecule has 0 spiro atoms. The highest BCUT2D eigenvalue weighted by Gasteiger charge is 2.28. The van der Waals surface area contributed by atoms with E-state index >= 15 is 0 Å². The van der Waals surface area contributed by atoms with Crippen LogP contribution in [-0.2, 0) is 4.79 Å². The molecule has 0 radical (unpaired) electrons. The van der Waals surface area contributed by atoms with Crippen LogP contribution in [0.4, 0.5) is 5.69 Å². The fraction of sp³-hybridized carbons (Fsp3) is 0.500. The minimum absolute atomic E-state index is 0. The molecule has 22 heavy (non-hydrogen) atoms. The number of carbonyl (C=O) groups excluding carboxylic acids is 2. The Labute approximate surface area is 138 Å². The molecule has 0 saturated heterocycles. The number of nitrogens with one attached hydrogen (secondary N) is 2. The van der Waals surface area contributed by atoms with E-state index in [0.717, 1.165) is 0 Å². The van der Waals surface area contributed by atoms with Crippen LogP contribution < -0.4 is 16.4 Å². The smallest absolute Gasteiger partial charge is 0.251 e. The van der Waals surface area contributed by atoms with Crippen LogP contribution in [-0.4, -0.2) is 23.9 Å². The number of halogens is 1. The van der Waals surface area contributed by atoms with Crippen molar-refractivity contribution in [1.29, 1.82) is 0 Å². The standard InChI is InChI=1S/C16H25N3O2.ClH/c1-5-14(20)18-13-8-6-7-12(9-13)15(21)19-16(4,10-17)11(2)3;/h6-9,11H,5,10,17H2,1-4H3,(H,18,20)(H,19,21);1H. The molecule has 0 aliphatic carbocycles. The largest absolute Gasteiger partial charge is 0.345 e. The fourth-order valence-corrected chi connectivity index (χ4v) is 1.75. The first-order valence-corrected chi connectivity index (χ1v) is 7.25. The lowest BCUT2D eigenvalue weighted by Crippen LogP contribution is -2.55. The molecule has 6 heteroatoms. The molecule has 0 aliphatic heterocycles. The molecule has 124 valence electrons. The van der Waals surface area contributed by atoms with E-state index in [0.29, 0.717) is 24.2 Å². The summed E-state index contributed by atoms with van der Waals surface area (Å²) < 4.78 is 0. The van der Waals surface area contributed by atoms with Gasteiger partial charge < -0.3 is 16.4 Å². The second-order valence-electron chi connectivity index (χ2n) is 5.71. The maximum absolute atomic E-state index is 12.4. The SMILES string of the molecule is CCC(=O)Nc1cccc(C(=O)NC(C)(CN)C(C)C)c1.Cl. The zero-order valence-electron chi connectivity index (χ0n) is 13.6. The summed E-state index contributed by atoms with van der Waals surface area (Å²) in [7, 11) is 0. The van der Waals surface area contributed by atoms with Gasteiger partial charge in [0.1, 0.15) is 0 Å². The summed E-state index contributed by atoms with van der Waals surface area (Å²) in [4.78, 5) is 23.8. The van der Waals surface area contributed by atoms with E-state index in [4.69, 9.17) is 5.73 Å². The molecule has 0 fully saturated rings. The van der Waals surface area contributed by atoms with Crippen LogP contribution in [0, 0.1) is 5.92 Å². The average Bonchev–Trinajstić information content (AvgIpc) is 2.46. The van der Waals surface area contributed by atoms with Gasteiger partial charge in [0.25, 0.3) is 5.91 Å². The Morgan fingerprint density at radius 1 is 1.32 bits per heavy atom. The molecule has 4 N–H and O–H groups in total. The molecule has 1 aromatic rings. The quantitative estimate of drug-likeness (QED) is 0.750. The predicted molar refractivity (Wildman–Crippen MR) is 92.4 cm³/mol. The molecule has 1 unspecified atom stereocenters. The Kier molecular flexibility index (Phi) is 8.12. The number of benzene rings is 1. The van der Waals surface area contributed by atoms with Crippen molar-refractivity contribution >= 4 is 29.9 Å². The van der Waals surface area contributed by atoms with E-state index in [1.54, 1.807) is 31.2 Å². The number of amides is 2.